The topological polar surface area (TPSA) is 86.9 Å². The van der Waals surface area contributed by atoms with Gasteiger partial charge >= 0.3 is 6.03 Å². The Morgan fingerprint density at radius 3 is 2.48 bits per heavy atom. The van der Waals surface area contributed by atoms with E-state index in [1.807, 2.05) is 20.8 Å². The minimum Gasteiger partial charge on any atom is -0.333 e. The highest BCUT2D eigenvalue weighted by molar-refractivity contribution is 8.00. The fraction of sp³-hybridized carbons (Fsp3) is 0.353. The molecule has 1 heterocycles. The first-order valence-corrected chi connectivity index (χ1v) is 8.62. The van der Waals surface area contributed by atoms with Gasteiger partial charge in [0.05, 0.1) is 17.1 Å². The molecule has 2 rings (SSSR count). The van der Waals surface area contributed by atoms with E-state index in [1.54, 1.807) is 25.3 Å². The Labute approximate surface area is 150 Å². The number of aromatic nitrogens is 2. The predicted octanol–water partition coefficient (Wildman–Crippen LogP) is 3.32. The zero-order valence-electron chi connectivity index (χ0n) is 14.5. The summed E-state index contributed by atoms with van der Waals surface area (Å²) in [6.07, 6.45) is 1.62. The second-order valence-corrected chi connectivity index (χ2v) is 7.89. The zero-order chi connectivity index (χ0) is 18.6. The van der Waals surface area contributed by atoms with Crippen LogP contribution in [0.5, 0.6) is 0 Å². The van der Waals surface area contributed by atoms with Crippen molar-refractivity contribution in [2.45, 2.75) is 43.6 Å². The van der Waals surface area contributed by atoms with Crippen molar-refractivity contribution >= 4 is 23.7 Å². The van der Waals surface area contributed by atoms with Gasteiger partial charge in [-0.2, -0.15) is 0 Å². The van der Waals surface area contributed by atoms with E-state index in [-0.39, 0.29) is 5.82 Å². The summed E-state index contributed by atoms with van der Waals surface area (Å²) in [5.74, 6) is -0.719. The monoisotopic (exact) mass is 364 g/mol. The Morgan fingerprint density at radius 1 is 1.24 bits per heavy atom. The molecule has 0 aliphatic carbocycles. The molecule has 0 saturated carbocycles. The Balaban J connectivity index is 1.94. The number of imide groups is 1. The van der Waals surface area contributed by atoms with Gasteiger partial charge in [-0.05, 0) is 57.5 Å². The van der Waals surface area contributed by atoms with Crippen molar-refractivity contribution < 1.29 is 14.0 Å². The van der Waals surface area contributed by atoms with Crippen LogP contribution in [0.3, 0.4) is 0 Å². The average Bonchev–Trinajstić information content (AvgIpc) is 2.94. The number of nitrogens with zero attached hydrogens (tertiary/aromatic N) is 1. The number of halogens is 1. The molecule has 25 heavy (non-hydrogen) atoms. The molecular formula is C17H21FN4O2S. The summed E-state index contributed by atoms with van der Waals surface area (Å²) in [5.41, 5.74) is 1.09. The summed E-state index contributed by atoms with van der Waals surface area (Å²) < 4.78 is 13.0. The van der Waals surface area contributed by atoms with Crippen molar-refractivity contribution in [2.75, 3.05) is 0 Å². The van der Waals surface area contributed by atoms with Gasteiger partial charge < -0.3 is 10.3 Å². The lowest BCUT2D eigenvalue weighted by Gasteiger charge is -2.21. The van der Waals surface area contributed by atoms with E-state index in [4.69, 9.17) is 0 Å². The van der Waals surface area contributed by atoms with E-state index < -0.39 is 22.7 Å². The summed E-state index contributed by atoms with van der Waals surface area (Å²) in [6.45, 7) is 7.17. The number of carbonyl (C=O) groups is 2. The molecule has 0 radical (unpaired) electrons. The van der Waals surface area contributed by atoms with Crippen molar-refractivity contribution in [1.82, 2.24) is 20.6 Å². The van der Waals surface area contributed by atoms with Crippen molar-refractivity contribution in [3.63, 3.8) is 0 Å². The molecule has 6 nitrogen and oxygen atoms in total. The molecule has 2 aromatic rings. The SMILES string of the molecule is CC(Sc1ncc(-c2ccc(F)cc2)[nH]1)C(=O)NC(=O)NC(C)(C)C. The third-order valence-corrected chi connectivity index (χ3v) is 4.09. The number of amides is 3. The number of hydrogen-bond acceptors (Lipinski definition) is 4. The lowest BCUT2D eigenvalue weighted by atomic mass is 10.1. The maximum Gasteiger partial charge on any atom is 0.321 e. The molecule has 3 N–H and O–H groups in total. The van der Waals surface area contributed by atoms with E-state index in [1.165, 1.54) is 23.9 Å². The largest absolute Gasteiger partial charge is 0.333 e. The molecule has 1 aromatic heterocycles. The van der Waals surface area contributed by atoms with Gasteiger partial charge in [0.15, 0.2) is 5.16 Å². The van der Waals surface area contributed by atoms with Crippen LogP contribution in [0.1, 0.15) is 27.7 Å². The summed E-state index contributed by atoms with van der Waals surface area (Å²) >= 11 is 1.20. The number of carbonyl (C=O) groups excluding carboxylic acids is 2. The van der Waals surface area contributed by atoms with E-state index in [0.29, 0.717) is 5.16 Å². The van der Waals surface area contributed by atoms with Crippen LogP contribution in [0.2, 0.25) is 0 Å². The van der Waals surface area contributed by atoms with Crippen LogP contribution < -0.4 is 10.6 Å². The zero-order valence-corrected chi connectivity index (χ0v) is 15.3. The van der Waals surface area contributed by atoms with Gasteiger partial charge in [0.1, 0.15) is 5.82 Å². The molecule has 8 heteroatoms. The van der Waals surface area contributed by atoms with Gasteiger partial charge in [0, 0.05) is 5.54 Å². The highest BCUT2D eigenvalue weighted by atomic mass is 32.2. The van der Waals surface area contributed by atoms with Crippen LogP contribution in [0.15, 0.2) is 35.6 Å². The third-order valence-electron chi connectivity index (χ3n) is 3.09. The summed E-state index contributed by atoms with van der Waals surface area (Å²) in [5, 5.41) is 5.00. The van der Waals surface area contributed by atoms with Crippen molar-refractivity contribution in [2.24, 2.45) is 0 Å². The minimum atomic E-state index is -0.531. The summed E-state index contributed by atoms with van der Waals surface area (Å²) in [6, 6.07) is 5.49. The molecule has 0 aliphatic heterocycles. The average molecular weight is 364 g/mol. The van der Waals surface area contributed by atoms with E-state index in [9.17, 15) is 14.0 Å². The molecule has 3 amide bonds. The number of H-pyrrole nitrogens is 1. The van der Waals surface area contributed by atoms with Gasteiger partial charge in [-0.3, -0.25) is 10.1 Å². The predicted molar refractivity (Wildman–Crippen MR) is 95.7 cm³/mol. The van der Waals surface area contributed by atoms with Crippen LogP contribution in [0, 0.1) is 5.82 Å². The number of hydrogen-bond donors (Lipinski definition) is 3. The van der Waals surface area contributed by atoms with Crippen LogP contribution in [0.4, 0.5) is 9.18 Å². The first-order chi connectivity index (χ1) is 11.6. The number of urea groups is 1. The number of thioether (sulfide) groups is 1. The molecule has 0 aliphatic rings. The molecule has 1 atom stereocenters. The third kappa shape index (κ3) is 5.90. The van der Waals surface area contributed by atoms with Gasteiger partial charge in [-0.1, -0.05) is 11.8 Å². The fourth-order valence-electron chi connectivity index (χ4n) is 1.95. The molecule has 1 aromatic carbocycles. The van der Waals surface area contributed by atoms with Gasteiger partial charge in [0.25, 0.3) is 0 Å². The standard InChI is InChI=1S/C17H21FN4O2S/c1-10(14(23)21-15(24)22-17(2,3)4)25-16-19-9-13(20-16)11-5-7-12(18)8-6-11/h5-10H,1-4H3,(H,19,20)(H2,21,22,23,24). The highest BCUT2D eigenvalue weighted by Gasteiger charge is 2.21. The summed E-state index contributed by atoms with van der Waals surface area (Å²) in [7, 11) is 0. The second-order valence-electron chi connectivity index (χ2n) is 6.56. The van der Waals surface area contributed by atoms with Crippen molar-refractivity contribution in [1.29, 1.82) is 0 Å². The lowest BCUT2D eigenvalue weighted by molar-refractivity contribution is -0.119. The number of rotatable bonds is 4. The molecule has 0 bridgehead atoms. The molecule has 134 valence electrons. The number of benzene rings is 1. The van der Waals surface area contributed by atoms with Gasteiger partial charge in [0.2, 0.25) is 5.91 Å². The van der Waals surface area contributed by atoms with E-state index >= 15 is 0 Å². The number of nitrogens with one attached hydrogen (secondary N) is 3. The second kappa shape index (κ2) is 7.69. The van der Waals surface area contributed by atoms with Crippen LogP contribution in [-0.4, -0.2) is 32.7 Å². The van der Waals surface area contributed by atoms with Gasteiger partial charge in [-0.25, -0.2) is 14.2 Å². The van der Waals surface area contributed by atoms with Crippen molar-refractivity contribution in [3.8, 4) is 11.3 Å². The van der Waals surface area contributed by atoms with Crippen LogP contribution in [0.25, 0.3) is 11.3 Å². The minimum absolute atomic E-state index is 0.309. The Kier molecular flexibility index (Phi) is 5.84. The van der Waals surface area contributed by atoms with E-state index in [2.05, 4.69) is 20.6 Å². The number of aromatic amines is 1. The Hall–Kier alpha value is -2.35. The first kappa shape index (κ1) is 19.0. The molecule has 1 unspecified atom stereocenters. The Bertz CT molecular complexity index is 753. The quantitative estimate of drug-likeness (QED) is 0.727. The highest BCUT2D eigenvalue weighted by Crippen LogP contribution is 2.24. The van der Waals surface area contributed by atoms with Crippen LogP contribution >= 0.6 is 11.8 Å². The normalized spacial score (nSPS) is 12.5. The number of imidazole rings is 1. The molecule has 0 saturated heterocycles. The fourth-order valence-corrected chi connectivity index (χ4v) is 2.73. The van der Waals surface area contributed by atoms with Gasteiger partial charge in [-0.15, -0.1) is 0 Å². The van der Waals surface area contributed by atoms with Crippen molar-refractivity contribution in [3.05, 3.63) is 36.3 Å². The lowest BCUT2D eigenvalue weighted by Crippen LogP contribution is -2.49. The molecule has 0 fully saturated rings. The maximum absolute atomic E-state index is 13.0. The first-order valence-electron chi connectivity index (χ1n) is 7.74. The van der Waals surface area contributed by atoms with E-state index in [0.717, 1.165) is 11.3 Å². The molecule has 0 spiro atoms. The summed E-state index contributed by atoms with van der Waals surface area (Å²) in [4.78, 5) is 31.1. The smallest absolute Gasteiger partial charge is 0.321 e. The maximum atomic E-state index is 13.0. The Morgan fingerprint density at radius 2 is 1.88 bits per heavy atom. The van der Waals surface area contributed by atoms with Crippen LogP contribution in [-0.2, 0) is 4.79 Å². The molecular weight excluding hydrogens is 343 g/mol.